The topological polar surface area (TPSA) is 54.5 Å². The largest absolute Gasteiger partial charge is 0.311 e. The summed E-state index contributed by atoms with van der Waals surface area (Å²) in [5.41, 5.74) is 1.16. The van der Waals surface area contributed by atoms with E-state index in [1.807, 2.05) is 13.0 Å². The third-order valence-electron chi connectivity index (χ3n) is 4.12. The summed E-state index contributed by atoms with van der Waals surface area (Å²) in [6, 6.07) is 15.8. The van der Waals surface area contributed by atoms with E-state index in [9.17, 15) is 13.2 Å². The van der Waals surface area contributed by atoms with E-state index in [2.05, 4.69) is 0 Å². The van der Waals surface area contributed by atoms with Crippen molar-refractivity contribution in [2.75, 3.05) is 11.4 Å². The first-order chi connectivity index (χ1) is 11.1. The van der Waals surface area contributed by atoms with E-state index in [-0.39, 0.29) is 17.2 Å². The van der Waals surface area contributed by atoms with Crippen LogP contribution in [0.5, 0.6) is 0 Å². The number of para-hydroxylation sites is 1. The molecular weight excluding hydrogens is 310 g/mol. The molecule has 0 aliphatic carbocycles. The Balaban J connectivity index is 2.20. The van der Waals surface area contributed by atoms with E-state index >= 15 is 0 Å². The van der Waals surface area contributed by atoms with E-state index in [0.717, 1.165) is 6.42 Å². The molecule has 0 saturated heterocycles. The molecule has 1 aliphatic heterocycles. The Labute approximate surface area is 136 Å². The highest BCUT2D eigenvalue weighted by Gasteiger charge is 2.38. The second kappa shape index (κ2) is 6.16. The minimum atomic E-state index is -3.62. The fourth-order valence-electron chi connectivity index (χ4n) is 3.02. The molecule has 0 radical (unpaired) electrons. The first-order valence-corrected chi connectivity index (χ1v) is 9.28. The van der Waals surface area contributed by atoms with Crippen LogP contribution in [0.3, 0.4) is 0 Å². The Morgan fingerprint density at radius 1 is 1.04 bits per heavy atom. The molecule has 2 aromatic rings. The van der Waals surface area contributed by atoms with Crippen LogP contribution < -0.4 is 4.90 Å². The van der Waals surface area contributed by atoms with Gasteiger partial charge in [-0.15, -0.1) is 0 Å². The van der Waals surface area contributed by atoms with Crippen molar-refractivity contribution < 1.29 is 13.2 Å². The summed E-state index contributed by atoms with van der Waals surface area (Å²) in [7, 11) is -3.62. The van der Waals surface area contributed by atoms with Gasteiger partial charge in [0.05, 0.1) is 15.8 Å². The van der Waals surface area contributed by atoms with Gasteiger partial charge in [0.25, 0.3) is 0 Å². The molecule has 0 fully saturated rings. The molecule has 2 aromatic carbocycles. The average molecular weight is 329 g/mol. The zero-order chi connectivity index (χ0) is 16.4. The second-order valence-electron chi connectivity index (χ2n) is 5.66. The Hall–Kier alpha value is -2.14. The number of hydrogen-bond donors (Lipinski definition) is 0. The van der Waals surface area contributed by atoms with Gasteiger partial charge in [-0.2, -0.15) is 0 Å². The van der Waals surface area contributed by atoms with Crippen LogP contribution in [0, 0.1) is 0 Å². The number of fused-ring (bicyclic) bond motifs is 1. The van der Waals surface area contributed by atoms with Gasteiger partial charge in [0.1, 0.15) is 0 Å². The molecule has 3 rings (SSSR count). The molecule has 1 amide bonds. The SMILES string of the molecule is CCCN1C(=O)CC(c2ccccc2)S(=O)(=O)c2ccccc21. The van der Waals surface area contributed by atoms with Crippen molar-refractivity contribution in [1.29, 1.82) is 0 Å². The molecule has 23 heavy (non-hydrogen) atoms. The minimum Gasteiger partial charge on any atom is -0.311 e. The number of benzene rings is 2. The maximum Gasteiger partial charge on any atom is 0.228 e. The Morgan fingerprint density at radius 3 is 2.39 bits per heavy atom. The minimum absolute atomic E-state index is 0.0268. The highest BCUT2D eigenvalue weighted by atomic mass is 32.2. The third kappa shape index (κ3) is 2.77. The van der Waals surface area contributed by atoms with Crippen LogP contribution in [0.1, 0.15) is 30.6 Å². The van der Waals surface area contributed by atoms with Gasteiger partial charge in [-0.1, -0.05) is 49.4 Å². The van der Waals surface area contributed by atoms with E-state index in [1.165, 1.54) is 0 Å². The third-order valence-corrected chi connectivity index (χ3v) is 6.26. The quantitative estimate of drug-likeness (QED) is 0.868. The molecule has 5 heteroatoms. The number of amides is 1. The van der Waals surface area contributed by atoms with Gasteiger partial charge in [0.2, 0.25) is 5.91 Å². The highest BCUT2D eigenvalue weighted by molar-refractivity contribution is 7.92. The standard InChI is InChI=1S/C18H19NO3S/c1-2-12-19-15-10-6-7-11-16(15)23(21,22)17(13-18(19)20)14-8-4-3-5-9-14/h3-11,17H,2,12-13H2,1H3. The molecule has 1 heterocycles. The van der Waals surface area contributed by atoms with Gasteiger partial charge >= 0.3 is 0 Å². The van der Waals surface area contributed by atoms with Crippen LogP contribution in [0.2, 0.25) is 0 Å². The predicted molar refractivity (Wildman–Crippen MR) is 90.1 cm³/mol. The first kappa shape index (κ1) is 15.7. The zero-order valence-corrected chi connectivity index (χ0v) is 13.8. The van der Waals surface area contributed by atoms with Crippen molar-refractivity contribution in [3.8, 4) is 0 Å². The number of anilines is 1. The number of carbonyl (C=O) groups is 1. The molecule has 1 aliphatic rings. The lowest BCUT2D eigenvalue weighted by atomic mass is 10.1. The number of rotatable bonds is 3. The molecule has 1 unspecified atom stereocenters. The average Bonchev–Trinajstić information content (AvgIpc) is 2.65. The van der Waals surface area contributed by atoms with E-state index in [4.69, 9.17) is 0 Å². The fraction of sp³-hybridized carbons (Fsp3) is 0.278. The van der Waals surface area contributed by atoms with Crippen LogP contribution in [-0.2, 0) is 14.6 Å². The van der Waals surface area contributed by atoms with Crippen molar-refractivity contribution in [3.05, 3.63) is 60.2 Å². The van der Waals surface area contributed by atoms with Crippen LogP contribution in [0.25, 0.3) is 0 Å². The summed E-state index contributed by atoms with van der Waals surface area (Å²) in [4.78, 5) is 14.6. The van der Waals surface area contributed by atoms with Crippen LogP contribution in [0.4, 0.5) is 5.69 Å². The number of hydrogen-bond acceptors (Lipinski definition) is 3. The lowest BCUT2D eigenvalue weighted by Gasteiger charge is -2.21. The van der Waals surface area contributed by atoms with Gasteiger partial charge in [-0.25, -0.2) is 8.42 Å². The van der Waals surface area contributed by atoms with Gasteiger partial charge in [-0.3, -0.25) is 4.79 Å². The van der Waals surface area contributed by atoms with Gasteiger partial charge in [-0.05, 0) is 24.1 Å². The van der Waals surface area contributed by atoms with Crippen LogP contribution in [-0.4, -0.2) is 20.9 Å². The summed E-state index contributed by atoms with van der Waals surface area (Å²) >= 11 is 0. The molecule has 0 bridgehead atoms. The normalized spacial score (nSPS) is 20.0. The van der Waals surface area contributed by atoms with Crippen molar-refractivity contribution in [2.45, 2.75) is 29.9 Å². The smallest absolute Gasteiger partial charge is 0.228 e. The fourth-order valence-corrected chi connectivity index (χ4v) is 4.94. The van der Waals surface area contributed by atoms with E-state index < -0.39 is 15.1 Å². The van der Waals surface area contributed by atoms with Crippen LogP contribution in [0.15, 0.2) is 59.5 Å². The number of carbonyl (C=O) groups excluding carboxylic acids is 1. The summed E-state index contributed by atoms with van der Waals surface area (Å²) in [5, 5.41) is -0.834. The Kier molecular flexibility index (Phi) is 4.22. The summed E-state index contributed by atoms with van der Waals surface area (Å²) in [6.07, 6.45) is 0.747. The molecule has 120 valence electrons. The zero-order valence-electron chi connectivity index (χ0n) is 13.0. The maximum absolute atomic E-state index is 13.1. The lowest BCUT2D eigenvalue weighted by molar-refractivity contribution is -0.118. The predicted octanol–water partition coefficient (Wildman–Crippen LogP) is 3.35. The Bertz CT molecular complexity index is 815. The van der Waals surface area contributed by atoms with E-state index in [0.29, 0.717) is 17.8 Å². The van der Waals surface area contributed by atoms with Crippen LogP contribution >= 0.6 is 0 Å². The lowest BCUT2D eigenvalue weighted by Crippen LogP contribution is -2.31. The first-order valence-electron chi connectivity index (χ1n) is 7.74. The molecule has 4 nitrogen and oxygen atoms in total. The summed E-state index contributed by atoms with van der Waals surface area (Å²) in [6.45, 7) is 2.50. The van der Waals surface area contributed by atoms with Crippen molar-refractivity contribution >= 4 is 21.4 Å². The Morgan fingerprint density at radius 2 is 1.70 bits per heavy atom. The molecular formula is C18H19NO3S. The van der Waals surface area contributed by atoms with Crippen molar-refractivity contribution in [1.82, 2.24) is 0 Å². The summed E-state index contributed by atoms with van der Waals surface area (Å²) in [5.74, 6) is -0.144. The molecule has 0 saturated carbocycles. The molecule has 0 aromatic heterocycles. The number of nitrogens with zero attached hydrogens (tertiary/aromatic N) is 1. The number of sulfone groups is 1. The summed E-state index contributed by atoms with van der Waals surface area (Å²) < 4.78 is 26.3. The molecule has 0 N–H and O–H groups in total. The van der Waals surface area contributed by atoms with Gasteiger partial charge < -0.3 is 4.90 Å². The van der Waals surface area contributed by atoms with Gasteiger partial charge in [0.15, 0.2) is 9.84 Å². The molecule has 0 spiro atoms. The highest BCUT2D eigenvalue weighted by Crippen LogP contribution is 2.40. The maximum atomic E-state index is 13.1. The van der Waals surface area contributed by atoms with Crippen molar-refractivity contribution in [3.63, 3.8) is 0 Å². The molecule has 1 atom stereocenters. The van der Waals surface area contributed by atoms with Crippen molar-refractivity contribution in [2.24, 2.45) is 0 Å². The second-order valence-corrected chi connectivity index (χ2v) is 7.76. The van der Waals surface area contributed by atoms with Gasteiger partial charge in [0, 0.05) is 13.0 Å². The van der Waals surface area contributed by atoms with E-state index in [1.54, 1.807) is 53.4 Å². The monoisotopic (exact) mass is 329 g/mol.